The predicted molar refractivity (Wildman–Crippen MR) is 95.1 cm³/mol. The highest BCUT2D eigenvalue weighted by atomic mass is 16.2. The van der Waals surface area contributed by atoms with Gasteiger partial charge < -0.3 is 0 Å². The van der Waals surface area contributed by atoms with Crippen LogP contribution in [0.5, 0.6) is 0 Å². The topological polar surface area (TPSA) is 108 Å². The molecule has 0 spiro atoms. The van der Waals surface area contributed by atoms with Crippen molar-refractivity contribution in [1.29, 1.82) is 0 Å². The molecule has 26 heavy (non-hydrogen) atoms. The van der Waals surface area contributed by atoms with E-state index in [0.29, 0.717) is 21.8 Å². The zero-order valence-electron chi connectivity index (χ0n) is 15.0. The van der Waals surface area contributed by atoms with E-state index in [1.807, 2.05) is 20.8 Å². The number of Topliss-reactive ketones (excluding diaryl/α,β-unsaturated/α-hetero) is 1. The zero-order chi connectivity index (χ0) is 19.5. The molecule has 1 aromatic rings. The standard InChI is InChI=1S/C18H20N4O4/c1-11(12-5-7-13(8-6-12)16(25)18(2,3)4)19-20-17(26)21-22-14(23)9-10-15(22)24/h5-10H,1-4H3,(H2,20,21,26)/b19-11+. The Balaban J connectivity index is 1.99. The lowest BCUT2D eigenvalue weighted by Crippen LogP contribution is -2.49. The van der Waals surface area contributed by atoms with Crippen LogP contribution in [0.4, 0.5) is 4.79 Å². The first-order valence-electron chi connectivity index (χ1n) is 7.92. The lowest BCUT2D eigenvalue weighted by Gasteiger charge is -2.16. The quantitative estimate of drug-likeness (QED) is 0.371. The Morgan fingerprint density at radius 2 is 1.46 bits per heavy atom. The molecule has 0 saturated carbocycles. The van der Waals surface area contributed by atoms with Crippen molar-refractivity contribution in [1.82, 2.24) is 15.9 Å². The van der Waals surface area contributed by atoms with E-state index in [-0.39, 0.29) is 5.78 Å². The Bertz CT molecular complexity index is 799. The summed E-state index contributed by atoms with van der Waals surface area (Å²) in [6.07, 6.45) is 2.11. The molecule has 0 unspecified atom stereocenters. The van der Waals surface area contributed by atoms with Crippen molar-refractivity contribution in [3.63, 3.8) is 0 Å². The fraction of sp³-hybridized carbons (Fsp3) is 0.278. The van der Waals surface area contributed by atoms with E-state index in [9.17, 15) is 19.2 Å². The summed E-state index contributed by atoms with van der Waals surface area (Å²) in [5, 5.41) is 4.49. The largest absolute Gasteiger partial charge is 0.354 e. The summed E-state index contributed by atoms with van der Waals surface area (Å²) in [7, 11) is 0. The van der Waals surface area contributed by atoms with Crippen molar-refractivity contribution in [2.45, 2.75) is 27.7 Å². The maximum Gasteiger partial charge on any atom is 0.354 e. The van der Waals surface area contributed by atoms with Crippen LogP contribution in [0.2, 0.25) is 0 Å². The van der Waals surface area contributed by atoms with Gasteiger partial charge in [-0.15, -0.1) is 0 Å². The summed E-state index contributed by atoms with van der Waals surface area (Å²) >= 11 is 0. The highest BCUT2D eigenvalue weighted by Crippen LogP contribution is 2.21. The predicted octanol–water partition coefficient (Wildman–Crippen LogP) is 1.78. The van der Waals surface area contributed by atoms with Gasteiger partial charge in [0.1, 0.15) is 0 Å². The number of hydrogen-bond acceptors (Lipinski definition) is 5. The van der Waals surface area contributed by atoms with Crippen molar-refractivity contribution in [3.05, 3.63) is 47.5 Å². The number of ketones is 1. The zero-order valence-corrected chi connectivity index (χ0v) is 15.0. The van der Waals surface area contributed by atoms with Crippen LogP contribution in [0.25, 0.3) is 0 Å². The van der Waals surface area contributed by atoms with E-state index in [1.54, 1.807) is 31.2 Å². The Labute approximate surface area is 150 Å². The number of carbonyl (C=O) groups excluding carboxylic acids is 4. The number of hydrogen-bond donors (Lipinski definition) is 2. The van der Waals surface area contributed by atoms with Gasteiger partial charge in [0.15, 0.2) is 5.78 Å². The lowest BCUT2D eigenvalue weighted by atomic mass is 9.86. The van der Waals surface area contributed by atoms with Crippen LogP contribution in [0.15, 0.2) is 41.5 Å². The Hall–Kier alpha value is -3.29. The van der Waals surface area contributed by atoms with Gasteiger partial charge in [-0.3, -0.25) is 14.4 Å². The van der Waals surface area contributed by atoms with Gasteiger partial charge >= 0.3 is 6.03 Å². The Kier molecular flexibility index (Phi) is 5.35. The van der Waals surface area contributed by atoms with E-state index < -0.39 is 23.3 Å². The molecule has 0 atom stereocenters. The van der Waals surface area contributed by atoms with E-state index in [2.05, 4.69) is 16.0 Å². The number of urea groups is 1. The maximum absolute atomic E-state index is 12.2. The normalized spacial score (nSPS) is 14.6. The molecule has 1 aliphatic heterocycles. The summed E-state index contributed by atoms with van der Waals surface area (Å²) in [6, 6.07) is 6.04. The highest BCUT2D eigenvalue weighted by Gasteiger charge is 2.25. The second-order valence-electron chi connectivity index (χ2n) is 6.75. The summed E-state index contributed by atoms with van der Waals surface area (Å²) < 4.78 is 0. The third-order valence-corrected chi connectivity index (χ3v) is 3.59. The van der Waals surface area contributed by atoms with E-state index in [4.69, 9.17) is 0 Å². The van der Waals surface area contributed by atoms with Crippen molar-refractivity contribution >= 4 is 29.3 Å². The smallest absolute Gasteiger partial charge is 0.294 e. The summed E-state index contributed by atoms with van der Waals surface area (Å²) in [4.78, 5) is 46.7. The molecule has 2 rings (SSSR count). The van der Waals surface area contributed by atoms with Crippen LogP contribution in [-0.2, 0) is 9.59 Å². The van der Waals surface area contributed by atoms with Crippen LogP contribution in [-0.4, -0.2) is 34.3 Å². The number of carbonyl (C=O) groups is 4. The van der Waals surface area contributed by atoms with Gasteiger partial charge in [0, 0.05) is 23.1 Å². The fourth-order valence-corrected chi connectivity index (χ4v) is 2.13. The number of hydrazine groups is 1. The average Bonchev–Trinajstić information content (AvgIpc) is 2.90. The Morgan fingerprint density at radius 3 is 1.96 bits per heavy atom. The fourth-order valence-electron chi connectivity index (χ4n) is 2.13. The van der Waals surface area contributed by atoms with Crippen molar-refractivity contribution in [3.8, 4) is 0 Å². The average molecular weight is 356 g/mol. The molecule has 0 saturated heterocycles. The first-order chi connectivity index (χ1) is 12.1. The minimum atomic E-state index is -0.825. The van der Waals surface area contributed by atoms with Gasteiger partial charge in [0.25, 0.3) is 11.8 Å². The molecule has 1 heterocycles. The SMILES string of the molecule is C/C(=N\NC(=O)NN1C(=O)C=CC1=O)c1ccc(C(=O)C(C)(C)C)cc1. The van der Waals surface area contributed by atoms with Crippen molar-refractivity contribution in [2.75, 3.05) is 0 Å². The summed E-state index contributed by atoms with van der Waals surface area (Å²) in [6.45, 7) is 7.23. The number of nitrogens with one attached hydrogen (secondary N) is 2. The van der Waals surface area contributed by atoms with Gasteiger partial charge in [-0.25, -0.2) is 15.6 Å². The van der Waals surface area contributed by atoms with Crippen LogP contribution < -0.4 is 10.9 Å². The third kappa shape index (κ3) is 4.41. The number of imide groups is 1. The number of nitrogens with zero attached hydrogens (tertiary/aromatic N) is 2. The first-order valence-corrected chi connectivity index (χ1v) is 7.92. The van der Waals surface area contributed by atoms with Crippen LogP contribution >= 0.6 is 0 Å². The van der Waals surface area contributed by atoms with Gasteiger partial charge in [-0.1, -0.05) is 45.0 Å². The third-order valence-electron chi connectivity index (χ3n) is 3.59. The number of rotatable bonds is 4. The van der Waals surface area contributed by atoms with Crippen molar-refractivity contribution < 1.29 is 19.2 Å². The molecule has 4 amide bonds. The van der Waals surface area contributed by atoms with Crippen LogP contribution in [0.3, 0.4) is 0 Å². The van der Waals surface area contributed by atoms with Gasteiger partial charge in [0.05, 0.1) is 5.71 Å². The molecule has 0 radical (unpaired) electrons. The molecule has 136 valence electrons. The molecule has 0 bridgehead atoms. The minimum Gasteiger partial charge on any atom is -0.294 e. The first kappa shape index (κ1) is 19.0. The van der Waals surface area contributed by atoms with E-state index in [1.165, 1.54) is 0 Å². The molecule has 8 nitrogen and oxygen atoms in total. The van der Waals surface area contributed by atoms with Crippen LogP contribution in [0, 0.1) is 5.41 Å². The highest BCUT2D eigenvalue weighted by molar-refractivity contribution is 6.13. The van der Waals surface area contributed by atoms with Gasteiger partial charge in [-0.2, -0.15) is 10.1 Å². The van der Waals surface area contributed by atoms with Gasteiger partial charge in [0.2, 0.25) is 0 Å². The minimum absolute atomic E-state index is 0.0321. The molecule has 0 fully saturated rings. The van der Waals surface area contributed by atoms with Crippen LogP contribution in [0.1, 0.15) is 43.6 Å². The number of amides is 4. The second-order valence-corrected chi connectivity index (χ2v) is 6.75. The summed E-state index contributed by atoms with van der Waals surface area (Å²) in [5.74, 6) is -1.24. The Morgan fingerprint density at radius 1 is 0.962 bits per heavy atom. The molecule has 2 N–H and O–H groups in total. The van der Waals surface area contributed by atoms with E-state index in [0.717, 1.165) is 12.2 Å². The van der Waals surface area contributed by atoms with Crippen molar-refractivity contribution in [2.24, 2.45) is 10.5 Å². The summed E-state index contributed by atoms with van der Waals surface area (Å²) in [5.41, 5.74) is 5.64. The molecule has 1 aromatic carbocycles. The van der Waals surface area contributed by atoms with E-state index >= 15 is 0 Å². The molecule has 0 aliphatic carbocycles. The molecule has 1 aliphatic rings. The molecule has 8 heteroatoms. The molecular formula is C18H20N4O4. The lowest BCUT2D eigenvalue weighted by molar-refractivity contribution is -0.139. The number of hydrazone groups is 1. The molecule has 0 aromatic heterocycles. The number of benzene rings is 1. The maximum atomic E-state index is 12.2. The second kappa shape index (κ2) is 7.30. The van der Waals surface area contributed by atoms with Gasteiger partial charge in [-0.05, 0) is 12.5 Å². The molecular weight excluding hydrogens is 336 g/mol. The monoisotopic (exact) mass is 356 g/mol.